The van der Waals surface area contributed by atoms with Crippen LogP contribution in [0.5, 0.6) is 5.75 Å². The number of carbonyl (C=O) groups excluding carboxylic acids is 1. The van der Waals surface area contributed by atoms with Crippen molar-refractivity contribution in [2.45, 2.75) is 11.8 Å². The Kier molecular flexibility index (Phi) is 4.94. The lowest BCUT2D eigenvalue weighted by Crippen LogP contribution is -2.26. The summed E-state index contributed by atoms with van der Waals surface area (Å²) in [5.41, 5.74) is 0.223. The molecule has 1 amide bonds. The van der Waals surface area contributed by atoms with Crippen molar-refractivity contribution in [1.29, 1.82) is 0 Å². The summed E-state index contributed by atoms with van der Waals surface area (Å²) < 4.78 is 28.4. The van der Waals surface area contributed by atoms with E-state index < -0.39 is 10.0 Å². The van der Waals surface area contributed by atoms with E-state index in [1.54, 1.807) is 7.05 Å². The largest absolute Gasteiger partial charge is 0.494 e. The van der Waals surface area contributed by atoms with Crippen LogP contribution in [0.4, 0.5) is 0 Å². The second-order valence-corrected chi connectivity index (χ2v) is 6.24. The third-order valence-electron chi connectivity index (χ3n) is 2.59. The first-order valence-electron chi connectivity index (χ1n) is 5.38. The number of methoxy groups -OCH3 is 1. The van der Waals surface area contributed by atoms with Gasteiger partial charge in [0.2, 0.25) is 10.0 Å². The molecular weight excluding hydrogens is 336 g/mol. The van der Waals surface area contributed by atoms with Crippen LogP contribution in [-0.4, -0.2) is 39.9 Å². The summed E-state index contributed by atoms with van der Waals surface area (Å²) in [6, 6.07) is 2.72. The van der Waals surface area contributed by atoms with Gasteiger partial charge in [-0.25, -0.2) is 13.6 Å². The van der Waals surface area contributed by atoms with Crippen molar-refractivity contribution >= 4 is 31.9 Å². The Morgan fingerprint density at radius 1 is 1.47 bits per heavy atom. The van der Waals surface area contributed by atoms with E-state index in [2.05, 4.69) is 15.9 Å². The summed E-state index contributed by atoms with van der Waals surface area (Å²) in [4.78, 5) is 13.3. The van der Waals surface area contributed by atoms with Gasteiger partial charge in [0, 0.05) is 19.2 Å². The summed E-state index contributed by atoms with van der Waals surface area (Å²) >= 11 is 3.17. The SMILES string of the molecule is CCN(C)C(=O)c1cc(Br)c(OC)c(S(N)(=O)=O)c1. The molecule has 0 aliphatic carbocycles. The van der Waals surface area contributed by atoms with Crippen LogP contribution >= 0.6 is 15.9 Å². The lowest BCUT2D eigenvalue weighted by molar-refractivity contribution is 0.0802. The zero-order chi connectivity index (χ0) is 14.8. The average molecular weight is 351 g/mol. The average Bonchev–Trinajstić information content (AvgIpc) is 2.34. The molecule has 0 unspecified atom stereocenters. The zero-order valence-electron chi connectivity index (χ0n) is 10.8. The Morgan fingerprint density at radius 3 is 2.47 bits per heavy atom. The molecule has 2 N–H and O–H groups in total. The summed E-state index contributed by atoms with van der Waals surface area (Å²) in [6.45, 7) is 2.32. The monoisotopic (exact) mass is 350 g/mol. The van der Waals surface area contributed by atoms with Crippen molar-refractivity contribution < 1.29 is 17.9 Å². The molecule has 0 radical (unpaired) electrons. The Labute approximate surface area is 120 Å². The molecule has 0 atom stereocenters. The van der Waals surface area contributed by atoms with Crippen LogP contribution in [0.15, 0.2) is 21.5 Å². The zero-order valence-corrected chi connectivity index (χ0v) is 13.2. The highest BCUT2D eigenvalue weighted by Crippen LogP contribution is 2.33. The number of primary sulfonamides is 1. The number of carbonyl (C=O) groups is 1. The van der Waals surface area contributed by atoms with E-state index in [-0.39, 0.29) is 22.1 Å². The van der Waals surface area contributed by atoms with Gasteiger partial charge in [0.25, 0.3) is 5.91 Å². The van der Waals surface area contributed by atoms with Crippen molar-refractivity contribution in [2.24, 2.45) is 5.14 Å². The standard InChI is InChI=1S/C11H15BrN2O4S/c1-4-14(2)11(15)7-5-8(12)10(18-3)9(6-7)19(13,16)17/h5-6H,4H2,1-3H3,(H2,13,16,17). The predicted octanol–water partition coefficient (Wildman–Crippen LogP) is 1.20. The van der Waals surface area contributed by atoms with E-state index >= 15 is 0 Å². The number of sulfonamides is 1. The lowest BCUT2D eigenvalue weighted by atomic mass is 10.2. The molecule has 0 heterocycles. The number of benzene rings is 1. The molecule has 106 valence electrons. The van der Waals surface area contributed by atoms with Crippen molar-refractivity contribution in [3.63, 3.8) is 0 Å². The number of ether oxygens (including phenoxy) is 1. The first-order chi connectivity index (χ1) is 8.72. The fourth-order valence-electron chi connectivity index (χ4n) is 1.47. The summed E-state index contributed by atoms with van der Waals surface area (Å²) in [6.07, 6.45) is 0. The molecule has 0 aliphatic rings. The molecule has 0 bridgehead atoms. The molecule has 0 fully saturated rings. The number of hydrogen-bond acceptors (Lipinski definition) is 4. The molecule has 0 saturated carbocycles. The fourth-order valence-corrected chi connectivity index (χ4v) is 2.96. The van der Waals surface area contributed by atoms with Crippen LogP contribution in [0.2, 0.25) is 0 Å². The van der Waals surface area contributed by atoms with Crippen molar-refractivity contribution in [3.05, 3.63) is 22.2 Å². The molecule has 8 heteroatoms. The van der Waals surface area contributed by atoms with Gasteiger partial charge in [-0.15, -0.1) is 0 Å². The number of hydrogen-bond donors (Lipinski definition) is 1. The second kappa shape index (κ2) is 5.89. The van der Waals surface area contributed by atoms with Crippen LogP contribution in [-0.2, 0) is 10.0 Å². The molecule has 6 nitrogen and oxygen atoms in total. The molecule has 1 rings (SSSR count). The Morgan fingerprint density at radius 2 is 2.05 bits per heavy atom. The van der Waals surface area contributed by atoms with Crippen molar-refractivity contribution in [2.75, 3.05) is 20.7 Å². The number of halogens is 1. The maximum atomic E-state index is 12.0. The Hall–Kier alpha value is -1.12. The number of nitrogens with zero attached hydrogens (tertiary/aromatic N) is 1. The molecule has 0 saturated heterocycles. The minimum absolute atomic E-state index is 0.0817. The Balaban J connectivity index is 3.48. The van der Waals surface area contributed by atoms with Gasteiger partial charge in [0.05, 0.1) is 11.6 Å². The van der Waals surface area contributed by atoms with Gasteiger partial charge in [-0.1, -0.05) is 0 Å². The van der Waals surface area contributed by atoms with E-state index in [1.165, 1.54) is 24.1 Å². The molecule has 1 aromatic rings. The summed E-state index contributed by atoms with van der Waals surface area (Å²) in [5, 5.41) is 5.13. The second-order valence-electron chi connectivity index (χ2n) is 3.85. The summed E-state index contributed by atoms with van der Waals surface area (Å²) in [5.74, 6) is -0.214. The molecular formula is C11H15BrN2O4S. The smallest absolute Gasteiger partial charge is 0.253 e. The van der Waals surface area contributed by atoms with Gasteiger partial charge in [-0.2, -0.15) is 0 Å². The van der Waals surface area contributed by atoms with Crippen LogP contribution in [0.25, 0.3) is 0 Å². The number of nitrogens with two attached hydrogens (primary N) is 1. The van der Waals surface area contributed by atoms with Gasteiger partial charge in [-0.3, -0.25) is 4.79 Å². The molecule has 0 aliphatic heterocycles. The Bertz CT molecular complexity index is 601. The fraction of sp³-hybridized carbons (Fsp3) is 0.364. The van der Waals surface area contributed by atoms with Crippen LogP contribution in [0.3, 0.4) is 0 Å². The maximum Gasteiger partial charge on any atom is 0.253 e. The van der Waals surface area contributed by atoms with Gasteiger partial charge in [-0.05, 0) is 35.0 Å². The highest BCUT2D eigenvalue weighted by molar-refractivity contribution is 9.10. The maximum absolute atomic E-state index is 12.0. The van der Waals surface area contributed by atoms with Crippen LogP contribution in [0.1, 0.15) is 17.3 Å². The van der Waals surface area contributed by atoms with Gasteiger partial charge in [0.1, 0.15) is 4.90 Å². The number of amides is 1. The van der Waals surface area contributed by atoms with Crippen LogP contribution in [0, 0.1) is 0 Å². The topological polar surface area (TPSA) is 89.7 Å². The quantitative estimate of drug-likeness (QED) is 0.883. The van der Waals surface area contributed by atoms with Crippen molar-refractivity contribution in [1.82, 2.24) is 4.90 Å². The van der Waals surface area contributed by atoms with E-state index in [0.717, 1.165) is 0 Å². The van der Waals surface area contributed by atoms with Gasteiger partial charge >= 0.3 is 0 Å². The summed E-state index contributed by atoms with van der Waals surface area (Å²) in [7, 11) is -1.03. The molecule has 1 aromatic carbocycles. The predicted molar refractivity (Wildman–Crippen MR) is 74.7 cm³/mol. The third kappa shape index (κ3) is 3.46. The minimum Gasteiger partial charge on any atom is -0.494 e. The minimum atomic E-state index is -3.98. The third-order valence-corrected chi connectivity index (χ3v) is 4.09. The lowest BCUT2D eigenvalue weighted by Gasteiger charge is -2.16. The van der Waals surface area contributed by atoms with E-state index in [4.69, 9.17) is 9.88 Å². The van der Waals surface area contributed by atoms with E-state index in [9.17, 15) is 13.2 Å². The van der Waals surface area contributed by atoms with E-state index in [0.29, 0.717) is 11.0 Å². The molecule has 19 heavy (non-hydrogen) atoms. The normalized spacial score (nSPS) is 11.2. The first kappa shape index (κ1) is 15.9. The molecule has 0 spiro atoms. The first-order valence-corrected chi connectivity index (χ1v) is 7.72. The van der Waals surface area contributed by atoms with Crippen molar-refractivity contribution in [3.8, 4) is 5.75 Å². The highest BCUT2D eigenvalue weighted by atomic mass is 79.9. The molecule has 0 aromatic heterocycles. The highest BCUT2D eigenvalue weighted by Gasteiger charge is 2.22. The number of rotatable bonds is 4. The van der Waals surface area contributed by atoms with Crippen LogP contribution < -0.4 is 9.88 Å². The van der Waals surface area contributed by atoms with Gasteiger partial charge < -0.3 is 9.64 Å². The van der Waals surface area contributed by atoms with E-state index in [1.807, 2.05) is 6.92 Å². The van der Waals surface area contributed by atoms with Gasteiger partial charge in [0.15, 0.2) is 5.75 Å².